The molecule has 2 rings (SSSR count). The van der Waals surface area contributed by atoms with Crippen LogP contribution in [0.2, 0.25) is 0 Å². The van der Waals surface area contributed by atoms with Crippen molar-refractivity contribution in [1.29, 1.82) is 0 Å². The molecule has 0 bridgehead atoms. The minimum Gasteiger partial charge on any atom is -0.493 e. The van der Waals surface area contributed by atoms with Gasteiger partial charge in [0.05, 0.1) is 18.2 Å². The molecule has 148 valence electrons. The van der Waals surface area contributed by atoms with Crippen molar-refractivity contribution in [3.63, 3.8) is 0 Å². The molecule has 0 spiro atoms. The van der Waals surface area contributed by atoms with Crippen LogP contribution in [0.5, 0.6) is 5.75 Å². The molecule has 1 heterocycles. The van der Waals surface area contributed by atoms with Crippen LogP contribution in [-0.4, -0.2) is 24.7 Å². The molecule has 6 nitrogen and oxygen atoms in total. The van der Waals surface area contributed by atoms with E-state index in [0.717, 1.165) is 12.0 Å². The molecule has 2 amide bonds. The van der Waals surface area contributed by atoms with Gasteiger partial charge in [-0.05, 0) is 31.7 Å². The molecule has 27 heavy (non-hydrogen) atoms. The highest BCUT2D eigenvalue weighted by Gasteiger charge is 2.35. The monoisotopic (exact) mass is 374 g/mol. The highest BCUT2D eigenvalue weighted by Crippen LogP contribution is 2.34. The van der Waals surface area contributed by atoms with Crippen LogP contribution in [0, 0.1) is 5.41 Å². The van der Waals surface area contributed by atoms with E-state index < -0.39 is 12.0 Å². The number of benzene rings is 1. The second-order valence-electron chi connectivity index (χ2n) is 7.87. The predicted octanol–water partition coefficient (Wildman–Crippen LogP) is 4.08. The Labute approximate surface area is 161 Å². The van der Waals surface area contributed by atoms with E-state index in [2.05, 4.69) is 10.6 Å². The molecule has 0 radical (unpaired) electrons. The van der Waals surface area contributed by atoms with E-state index in [0.29, 0.717) is 23.6 Å². The van der Waals surface area contributed by atoms with Crippen molar-refractivity contribution >= 4 is 12.0 Å². The summed E-state index contributed by atoms with van der Waals surface area (Å²) in [4.78, 5) is 25.1. The van der Waals surface area contributed by atoms with Gasteiger partial charge in [-0.3, -0.25) is 0 Å². The Morgan fingerprint density at radius 3 is 2.56 bits per heavy atom. The minimum atomic E-state index is -0.633. The summed E-state index contributed by atoms with van der Waals surface area (Å²) in [5, 5.41) is 5.51. The van der Waals surface area contributed by atoms with E-state index in [1.807, 2.05) is 58.9 Å². The molecule has 1 aliphatic heterocycles. The summed E-state index contributed by atoms with van der Waals surface area (Å²) in [6.45, 7) is 12.2. The molecule has 0 saturated heterocycles. The van der Waals surface area contributed by atoms with Gasteiger partial charge in [0.2, 0.25) is 0 Å². The molecule has 0 fully saturated rings. The van der Waals surface area contributed by atoms with Gasteiger partial charge in [0.1, 0.15) is 11.9 Å². The fourth-order valence-electron chi connectivity index (χ4n) is 2.66. The number of carbonyl (C=O) groups excluding carboxylic acids is 2. The Kier molecular flexibility index (Phi) is 6.52. The van der Waals surface area contributed by atoms with Crippen LogP contribution in [0.4, 0.5) is 4.79 Å². The second kappa shape index (κ2) is 8.46. The van der Waals surface area contributed by atoms with Crippen molar-refractivity contribution in [2.45, 2.75) is 60.1 Å². The standard InChI is InChI=1S/C21H30N2O4/c1-7-12-26-16-11-9-8-10-15(16)18-17(13(2)22-20(25)23-18)19(24)27-14(3)21(4,5)6/h8-11,14,18H,7,12H2,1-6H3,(H2,22,23,25)/t14-,18-/m1/s1. The van der Waals surface area contributed by atoms with Crippen LogP contribution in [0.1, 0.15) is 59.6 Å². The van der Waals surface area contributed by atoms with E-state index in [1.54, 1.807) is 6.92 Å². The largest absolute Gasteiger partial charge is 0.493 e. The smallest absolute Gasteiger partial charge is 0.338 e. The lowest BCUT2D eigenvalue weighted by Crippen LogP contribution is -2.46. The molecule has 1 aromatic rings. The average Bonchev–Trinajstić information content (AvgIpc) is 2.58. The first-order valence-electron chi connectivity index (χ1n) is 9.36. The third kappa shape index (κ3) is 5.02. The van der Waals surface area contributed by atoms with Crippen molar-refractivity contribution in [2.24, 2.45) is 5.41 Å². The third-order valence-corrected chi connectivity index (χ3v) is 4.68. The number of carbonyl (C=O) groups is 2. The first-order chi connectivity index (χ1) is 12.6. The van der Waals surface area contributed by atoms with Crippen molar-refractivity contribution in [3.8, 4) is 5.75 Å². The average molecular weight is 374 g/mol. The molecule has 2 atom stereocenters. The van der Waals surface area contributed by atoms with E-state index in [1.165, 1.54) is 0 Å². The van der Waals surface area contributed by atoms with Crippen LogP contribution in [-0.2, 0) is 9.53 Å². The molecule has 1 aliphatic rings. The quantitative estimate of drug-likeness (QED) is 0.736. The lowest BCUT2D eigenvalue weighted by atomic mass is 9.90. The highest BCUT2D eigenvalue weighted by molar-refractivity contribution is 5.95. The number of allylic oxidation sites excluding steroid dienone is 1. The molecule has 0 aromatic heterocycles. The zero-order chi connectivity index (χ0) is 20.2. The molecule has 6 heteroatoms. The zero-order valence-electron chi connectivity index (χ0n) is 17.0. The molecule has 0 unspecified atom stereocenters. The van der Waals surface area contributed by atoms with Crippen LogP contribution in [0.3, 0.4) is 0 Å². The maximum absolute atomic E-state index is 13.0. The number of ether oxygens (including phenoxy) is 2. The van der Waals surface area contributed by atoms with Gasteiger partial charge in [-0.1, -0.05) is 45.9 Å². The molecule has 2 N–H and O–H groups in total. The Bertz CT molecular complexity index is 734. The molecule has 1 aromatic carbocycles. The number of nitrogens with one attached hydrogen (secondary N) is 2. The van der Waals surface area contributed by atoms with Crippen molar-refractivity contribution in [2.75, 3.05) is 6.61 Å². The fourth-order valence-corrected chi connectivity index (χ4v) is 2.66. The molecule has 0 saturated carbocycles. The molecular weight excluding hydrogens is 344 g/mol. The number of amides is 2. The number of hydrogen-bond donors (Lipinski definition) is 2. The van der Waals surface area contributed by atoms with Crippen LogP contribution >= 0.6 is 0 Å². The normalized spacial score (nSPS) is 18.4. The number of para-hydroxylation sites is 1. The summed E-state index contributed by atoms with van der Waals surface area (Å²) < 4.78 is 11.5. The Balaban J connectivity index is 2.41. The minimum absolute atomic E-state index is 0.187. The van der Waals surface area contributed by atoms with Crippen molar-refractivity contribution < 1.29 is 19.1 Å². The molecule has 0 aliphatic carbocycles. The Hall–Kier alpha value is -2.50. The zero-order valence-corrected chi connectivity index (χ0v) is 17.0. The summed E-state index contributed by atoms with van der Waals surface area (Å²) in [6.07, 6.45) is 0.579. The maximum Gasteiger partial charge on any atom is 0.338 e. The van der Waals surface area contributed by atoms with E-state index in [-0.39, 0.29) is 17.6 Å². The summed E-state index contributed by atoms with van der Waals surface area (Å²) in [5.41, 5.74) is 1.42. The maximum atomic E-state index is 13.0. The summed E-state index contributed by atoms with van der Waals surface area (Å²) in [6, 6.07) is 6.44. The summed E-state index contributed by atoms with van der Waals surface area (Å²) >= 11 is 0. The summed E-state index contributed by atoms with van der Waals surface area (Å²) in [7, 11) is 0. The van der Waals surface area contributed by atoms with Gasteiger partial charge in [0, 0.05) is 11.3 Å². The Morgan fingerprint density at radius 2 is 1.93 bits per heavy atom. The van der Waals surface area contributed by atoms with Crippen LogP contribution < -0.4 is 15.4 Å². The number of esters is 1. The SMILES string of the molecule is CCCOc1ccccc1[C@H]1NC(=O)NC(C)=C1C(=O)O[C@H](C)C(C)(C)C. The predicted molar refractivity (Wildman–Crippen MR) is 104 cm³/mol. The topological polar surface area (TPSA) is 76.7 Å². The summed E-state index contributed by atoms with van der Waals surface area (Å²) in [5.74, 6) is 0.200. The fraction of sp³-hybridized carbons (Fsp3) is 0.524. The van der Waals surface area contributed by atoms with Crippen molar-refractivity contribution in [3.05, 3.63) is 41.1 Å². The number of hydrogen-bond acceptors (Lipinski definition) is 4. The Morgan fingerprint density at radius 1 is 1.26 bits per heavy atom. The van der Waals surface area contributed by atoms with Gasteiger partial charge in [-0.15, -0.1) is 0 Å². The first-order valence-corrected chi connectivity index (χ1v) is 9.36. The lowest BCUT2D eigenvalue weighted by Gasteiger charge is -2.32. The second-order valence-corrected chi connectivity index (χ2v) is 7.87. The van der Waals surface area contributed by atoms with Gasteiger partial charge in [-0.25, -0.2) is 9.59 Å². The van der Waals surface area contributed by atoms with Gasteiger partial charge in [0.15, 0.2) is 0 Å². The lowest BCUT2D eigenvalue weighted by molar-refractivity contribution is -0.149. The first kappa shape index (κ1) is 20.8. The molecular formula is C21H30N2O4. The number of rotatable bonds is 6. The van der Waals surface area contributed by atoms with E-state index in [9.17, 15) is 9.59 Å². The third-order valence-electron chi connectivity index (χ3n) is 4.68. The van der Waals surface area contributed by atoms with Gasteiger partial charge in [0.25, 0.3) is 0 Å². The number of urea groups is 1. The van der Waals surface area contributed by atoms with E-state index in [4.69, 9.17) is 9.47 Å². The van der Waals surface area contributed by atoms with Crippen LogP contribution in [0.25, 0.3) is 0 Å². The van der Waals surface area contributed by atoms with Gasteiger partial charge < -0.3 is 20.1 Å². The van der Waals surface area contributed by atoms with Crippen LogP contribution in [0.15, 0.2) is 35.5 Å². The van der Waals surface area contributed by atoms with Gasteiger partial charge >= 0.3 is 12.0 Å². The van der Waals surface area contributed by atoms with Gasteiger partial charge in [-0.2, -0.15) is 0 Å². The van der Waals surface area contributed by atoms with E-state index >= 15 is 0 Å². The van der Waals surface area contributed by atoms with Crippen molar-refractivity contribution in [1.82, 2.24) is 10.6 Å². The highest BCUT2D eigenvalue weighted by atomic mass is 16.5.